The van der Waals surface area contributed by atoms with E-state index < -0.39 is 5.82 Å². The molecule has 9 nitrogen and oxygen atoms in total. The number of halogens is 1. The lowest BCUT2D eigenvalue weighted by atomic mass is 10.1. The second-order valence-corrected chi connectivity index (χ2v) is 7.88. The minimum atomic E-state index is -0.403. The molecule has 0 radical (unpaired) electrons. The fraction of sp³-hybridized carbons (Fsp3) is 0.174. The Labute approximate surface area is 187 Å². The molecule has 3 heterocycles. The molecule has 0 saturated carbocycles. The zero-order valence-electron chi connectivity index (χ0n) is 17.7. The minimum Gasteiger partial charge on any atom is -0.342 e. The number of H-pyrrole nitrogens is 1. The molecule has 1 aliphatic heterocycles. The van der Waals surface area contributed by atoms with Crippen LogP contribution in [0.5, 0.6) is 0 Å². The first-order chi connectivity index (χ1) is 15.9. The van der Waals surface area contributed by atoms with Crippen molar-refractivity contribution in [3.05, 3.63) is 76.5 Å². The first kappa shape index (κ1) is 20.6. The fourth-order valence-electron chi connectivity index (χ4n) is 3.75. The Bertz CT molecular complexity index is 1440. The summed E-state index contributed by atoms with van der Waals surface area (Å²) in [5.74, 6) is -0.704. The van der Waals surface area contributed by atoms with Crippen LogP contribution in [0.3, 0.4) is 0 Å². The van der Waals surface area contributed by atoms with Gasteiger partial charge in [0.25, 0.3) is 11.5 Å². The van der Waals surface area contributed by atoms with E-state index in [0.717, 1.165) is 0 Å². The van der Waals surface area contributed by atoms with Crippen LogP contribution in [0.2, 0.25) is 0 Å². The van der Waals surface area contributed by atoms with Crippen LogP contribution in [0.15, 0.2) is 59.5 Å². The fourth-order valence-corrected chi connectivity index (χ4v) is 3.75. The number of hydrogen-bond acceptors (Lipinski definition) is 5. The van der Waals surface area contributed by atoms with Gasteiger partial charge in [0.15, 0.2) is 0 Å². The van der Waals surface area contributed by atoms with Gasteiger partial charge in [0.1, 0.15) is 18.1 Å². The summed E-state index contributed by atoms with van der Waals surface area (Å²) in [5.41, 5.74) is 1.88. The highest BCUT2D eigenvalue weighted by atomic mass is 19.1. The molecule has 5 rings (SSSR count). The highest BCUT2D eigenvalue weighted by molar-refractivity contribution is 5.97. The lowest BCUT2D eigenvalue weighted by Gasteiger charge is -2.32. The molecule has 10 heteroatoms. The number of aromatic nitrogens is 4. The Hall–Kier alpha value is -4.34. The molecule has 0 unspecified atom stereocenters. The number of likely N-dealkylation sites (N-methyl/N-ethyl adjacent to an activating group) is 1. The SMILES string of the molecule is CN1CCN(C(=O)c2ccc(-n3cc(-c4cc5cc(F)ccc5[nH]c4=O)nn3)cc2)CC1=O. The van der Waals surface area contributed by atoms with Gasteiger partial charge in [0.05, 0.1) is 17.4 Å². The van der Waals surface area contributed by atoms with Crippen LogP contribution in [0.4, 0.5) is 4.39 Å². The average molecular weight is 446 g/mol. The van der Waals surface area contributed by atoms with Crippen molar-refractivity contribution < 1.29 is 14.0 Å². The van der Waals surface area contributed by atoms with Crippen molar-refractivity contribution in [2.24, 2.45) is 0 Å². The van der Waals surface area contributed by atoms with Gasteiger partial charge in [-0.05, 0) is 48.5 Å². The molecule has 0 atom stereocenters. The zero-order chi connectivity index (χ0) is 23.1. The Morgan fingerprint density at radius 1 is 1.06 bits per heavy atom. The number of hydrogen-bond donors (Lipinski definition) is 1. The molecule has 2 aromatic heterocycles. The third kappa shape index (κ3) is 3.86. The van der Waals surface area contributed by atoms with E-state index in [2.05, 4.69) is 15.3 Å². The van der Waals surface area contributed by atoms with Crippen molar-refractivity contribution in [2.45, 2.75) is 0 Å². The maximum absolute atomic E-state index is 13.6. The third-order valence-corrected chi connectivity index (χ3v) is 5.70. The lowest BCUT2D eigenvalue weighted by Crippen LogP contribution is -2.50. The lowest BCUT2D eigenvalue weighted by molar-refractivity contribution is -0.133. The summed E-state index contributed by atoms with van der Waals surface area (Å²) in [6.07, 6.45) is 1.59. The number of carbonyl (C=O) groups excluding carboxylic acids is 2. The Morgan fingerprint density at radius 3 is 2.61 bits per heavy atom. The first-order valence-electron chi connectivity index (χ1n) is 10.3. The largest absolute Gasteiger partial charge is 0.342 e. The maximum atomic E-state index is 13.6. The second-order valence-electron chi connectivity index (χ2n) is 7.88. The molecular formula is C23H19FN6O3. The van der Waals surface area contributed by atoms with Crippen molar-refractivity contribution in [1.82, 2.24) is 29.8 Å². The number of nitrogens with zero attached hydrogens (tertiary/aromatic N) is 5. The summed E-state index contributed by atoms with van der Waals surface area (Å²) in [6, 6.07) is 12.4. The van der Waals surface area contributed by atoms with E-state index >= 15 is 0 Å². The monoisotopic (exact) mass is 446 g/mol. The Morgan fingerprint density at radius 2 is 1.85 bits per heavy atom. The number of amides is 2. The van der Waals surface area contributed by atoms with Gasteiger partial charge in [-0.2, -0.15) is 0 Å². The quantitative estimate of drug-likeness (QED) is 0.517. The van der Waals surface area contributed by atoms with E-state index in [4.69, 9.17) is 0 Å². The van der Waals surface area contributed by atoms with Crippen molar-refractivity contribution >= 4 is 22.7 Å². The summed E-state index contributed by atoms with van der Waals surface area (Å²) in [7, 11) is 1.72. The summed E-state index contributed by atoms with van der Waals surface area (Å²) in [6.45, 7) is 1.05. The van der Waals surface area contributed by atoms with Crippen LogP contribution in [0, 0.1) is 5.82 Å². The van der Waals surface area contributed by atoms with Gasteiger partial charge in [-0.1, -0.05) is 5.21 Å². The molecule has 2 amide bonds. The van der Waals surface area contributed by atoms with E-state index in [-0.39, 0.29) is 29.5 Å². The molecule has 0 spiro atoms. The zero-order valence-corrected chi connectivity index (χ0v) is 17.7. The molecule has 0 aliphatic carbocycles. The molecule has 33 heavy (non-hydrogen) atoms. The predicted molar refractivity (Wildman–Crippen MR) is 118 cm³/mol. The van der Waals surface area contributed by atoms with Gasteiger partial charge < -0.3 is 14.8 Å². The number of aromatic amines is 1. The summed E-state index contributed by atoms with van der Waals surface area (Å²) >= 11 is 0. The summed E-state index contributed by atoms with van der Waals surface area (Å²) in [4.78, 5) is 42.9. The van der Waals surface area contributed by atoms with E-state index in [0.29, 0.717) is 40.9 Å². The molecule has 166 valence electrons. The van der Waals surface area contributed by atoms with Crippen molar-refractivity contribution in [1.29, 1.82) is 0 Å². The molecule has 1 saturated heterocycles. The molecular weight excluding hydrogens is 427 g/mol. The van der Waals surface area contributed by atoms with Crippen LogP contribution in [0.1, 0.15) is 10.4 Å². The Kier molecular flexibility index (Phi) is 4.97. The number of pyridine rings is 1. The van der Waals surface area contributed by atoms with E-state index in [1.807, 2.05) is 0 Å². The van der Waals surface area contributed by atoms with Gasteiger partial charge in [-0.3, -0.25) is 14.4 Å². The minimum absolute atomic E-state index is 0.0632. The van der Waals surface area contributed by atoms with E-state index in [1.54, 1.807) is 48.5 Å². The van der Waals surface area contributed by atoms with Crippen LogP contribution in [0.25, 0.3) is 27.8 Å². The van der Waals surface area contributed by atoms with Gasteiger partial charge in [0, 0.05) is 36.6 Å². The number of rotatable bonds is 3. The van der Waals surface area contributed by atoms with Gasteiger partial charge in [0.2, 0.25) is 5.91 Å². The Balaban J connectivity index is 1.39. The summed E-state index contributed by atoms with van der Waals surface area (Å²) in [5, 5.41) is 8.71. The van der Waals surface area contributed by atoms with Crippen molar-refractivity contribution in [3.63, 3.8) is 0 Å². The average Bonchev–Trinajstić information content (AvgIpc) is 3.30. The number of fused-ring (bicyclic) bond motifs is 1. The molecule has 0 bridgehead atoms. The van der Waals surface area contributed by atoms with E-state index in [1.165, 1.54) is 27.8 Å². The predicted octanol–water partition coefficient (Wildman–Crippen LogP) is 1.83. The van der Waals surface area contributed by atoms with Crippen LogP contribution in [-0.4, -0.2) is 68.3 Å². The molecule has 1 fully saturated rings. The van der Waals surface area contributed by atoms with Crippen molar-refractivity contribution in [2.75, 3.05) is 26.7 Å². The van der Waals surface area contributed by atoms with Crippen LogP contribution in [-0.2, 0) is 4.79 Å². The molecule has 2 aromatic carbocycles. The van der Waals surface area contributed by atoms with Crippen molar-refractivity contribution in [3.8, 4) is 16.9 Å². The van der Waals surface area contributed by atoms with Gasteiger partial charge >= 0.3 is 0 Å². The molecule has 4 aromatic rings. The topological polar surface area (TPSA) is 104 Å². The van der Waals surface area contributed by atoms with Gasteiger partial charge in [-0.15, -0.1) is 5.10 Å². The molecule has 1 N–H and O–H groups in total. The highest BCUT2D eigenvalue weighted by Gasteiger charge is 2.25. The number of piperazine rings is 1. The van der Waals surface area contributed by atoms with E-state index in [9.17, 15) is 18.8 Å². The standard InChI is InChI=1S/C23H19FN6O3/c1-28-8-9-29(13-21(28)31)23(33)14-2-5-17(6-3-14)30-12-20(26-27-30)18-11-15-10-16(24)4-7-19(15)25-22(18)32/h2-7,10-12H,8-9,13H2,1H3,(H,25,32). The number of benzene rings is 2. The molecule has 1 aliphatic rings. The summed E-state index contributed by atoms with van der Waals surface area (Å²) < 4.78 is 15.1. The number of nitrogens with one attached hydrogen (secondary N) is 1. The smallest absolute Gasteiger partial charge is 0.258 e. The maximum Gasteiger partial charge on any atom is 0.258 e. The normalized spacial score (nSPS) is 14.2. The van der Waals surface area contributed by atoms with Crippen LogP contribution < -0.4 is 5.56 Å². The highest BCUT2D eigenvalue weighted by Crippen LogP contribution is 2.20. The number of carbonyl (C=O) groups is 2. The second kappa shape index (κ2) is 7.97. The van der Waals surface area contributed by atoms with Gasteiger partial charge in [-0.25, -0.2) is 9.07 Å². The third-order valence-electron chi connectivity index (χ3n) is 5.70. The first-order valence-corrected chi connectivity index (χ1v) is 10.3. The van der Waals surface area contributed by atoms with Crippen LogP contribution >= 0.6 is 0 Å².